The van der Waals surface area contributed by atoms with Crippen molar-refractivity contribution in [1.29, 1.82) is 0 Å². The highest BCUT2D eigenvalue weighted by molar-refractivity contribution is 7.91. The van der Waals surface area contributed by atoms with Crippen molar-refractivity contribution in [2.45, 2.75) is 18.6 Å². The van der Waals surface area contributed by atoms with Gasteiger partial charge in [-0.15, -0.1) is 11.3 Å². The van der Waals surface area contributed by atoms with Gasteiger partial charge in [0.15, 0.2) is 9.84 Å². The lowest BCUT2D eigenvalue weighted by molar-refractivity contribution is -0.131. The molecule has 0 aromatic carbocycles. The molecule has 128 valence electrons. The summed E-state index contributed by atoms with van der Waals surface area (Å²) < 4.78 is 24.3. The Labute approximate surface area is 140 Å². The monoisotopic (exact) mass is 358 g/mol. The van der Waals surface area contributed by atoms with E-state index in [0.717, 1.165) is 11.6 Å². The number of amides is 1. The number of likely N-dealkylation sites (N-methyl/N-ethyl adjacent to an activating group) is 1. The van der Waals surface area contributed by atoms with Crippen LogP contribution in [-0.2, 0) is 21.2 Å². The Morgan fingerprint density at radius 3 is 2.57 bits per heavy atom. The molecule has 1 aromatic rings. The highest BCUT2D eigenvalue weighted by atomic mass is 32.2. The molecule has 0 unspecified atom stereocenters. The van der Waals surface area contributed by atoms with Gasteiger partial charge in [0.2, 0.25) is 5.91 Å². The number of aromatic nitrogens is 1. The van der Waals surface area contributed by atoms with E-state index >= 15 is 0 Å². The fourth-order valence-corrected chi connectivity index (χ4v) is 5.99. The van der Waals surface area contributed by atoms with Gasteiger partial charge >= 0.3 is 0 Å². The Bertz CT molecular complexity index is 660. The van der Waals surface area contributed by atoms with Gasteiger partial charge in [0.05, 0.1) is 24.6 Å². The van der Waals surface area contributed by atoms with Gasteiger partial charge in [0.1, 0.15) is 5.01 Å². The van der Waals surface area contributed by atoms with Crippen molar-refractivity contribution in [3.8, 4) is 0 Å². The van der Waals surface area contributed by atoms with Crippen LogP contribution in [0.1, 0.15) is 5.01 Å². The quantitative estimate of drug-likeness (QED) is 0.723. The molecule has 1 amide bonds. The molecule has 0 radical (unpaired) electrons. The molecule has 0 saturated carbocycles. The summed E-state index contributed by atoms with van der Waals surface area (Å²) in [6.45, 7) is 2.44. The normalized spacial score (nSPS) is 27.7. The predicted molar refractivity (Wildman–Crippen MR) is 89.0 cm³/mol. The second kappa shape index (κ2) is 6.46. The minimum Gasteiger partial charge on any atom is -0.348 e. The molecule has 2 saturated heterocycles. The Balaban J connectivity index is 1.76. The molecule has 0 spiro atoms. The first-order valence-electron chi connectivity index (χ1n) is 7.63. The summed E-state index contributed by atoms with van der Waals surface area (Å²) in [7, 11) is 0.397. The largest absolute Gasteiger partial charge is 0.348 e. The highest BCUT2D eigenvalue weighted by Gasteiger charge is 2.46. The van der Waals surface area contributed by atoms with Crippen LogP contribution < -0.4 is 0 Å². The molecule has 2 aliphatic rings. The van der Waals surface area contributed by atoms with Crippen molar-refractivity contribution in [1.82, 2.24) is 19.7 Å². The number of hydrogen-bond donors (Lipinski definition) is 0. The molecule has 0 N–H and O–H groups in total. The van der Waals surface area contributed by atoms with E-state index in [0.29, 0.717) is 13.1 Å². The number of piperazine rings is 1. The molecule has 0 aliphatic carbocycles. The van der Waals surface area contributed by atoms with Crippen LogP contribution in [0.15, 0.2) is 11.6 Å². The highest BCUT2D eigenvalue weighted by Crippen LogP contribution is 2.28. The zero-order valence-electron chi connectivity index (χ0n) is 13.4. The van der Waals surface area contributed by atoms with Gasteiger partial charge in [-0.2, -0.15) is 0 Å². The third-order valence-electron chi connectivity index (χ3n) is 4.56. The van der Waals surface area contributed by atoms with Gasteiger partial charge in [0.25, 0.3) is 0 Å². The maximum Gasteiger partial charge on any atom is 0.236 e. The summed E-state index contributed by atoms with van der Waals surface area (Å²) in [4.78, 5) is 22.1. The van der Waals surface area contributed by atoms with Crippen LogP contribution >= 0.6 is 11.3 Å². The van der Waals surface area contributed by atoms with E-state index in [2.05, 4.69) is 9.88 Å². The lowest BCUT2D eigenvalue weighted by atomic mass is 10.0. The number of fused-ring (bicyclic) bond motifs is 1. The minimum atomic E-state index is -3.05. The van der Waals surface area contributed by atoms with E-state index in [9.17, 15) is 13.2 Å². The number of rotatable bonds is 4. The third kappa shape index (κ3) is 3.73. The molecule has 9 heteroatoms. The summed E-state index contributed by atoms with van der Waals surface area (Å²) in [6, 6.07) is -0.148. The first-order chi connectivity index (χ1) is 10.9. The van der Waals surface area contributed by atoms with Crippen LogP contribution in [0.4, 0.5) is 0 Å². The second-order valence-electron chi connectivity index (χ2n) is 6.37. The molecular formula is C14H22N4O3S2. The molecule has 3 heterocycles. The molecule has 2 fully saturated rings. The first-order valence-corrected chi connectivity index (χ1v) is 10.3. The van der Waals surface area contributed by atoms with Crippen molar-refractivity contribution in [2.75, 3.05) is 45.2 Å². The van der Waals surface area contributed by atoms with Crippen molar-refractivity contribution in [3.05, 3.63) is 16.6 Å². The molecule has 2 aliphatic heterocycles. The first kappa shape index (κ1) is 16.8. The van der Waals surface area contributed by atoms with E-state index in [-0.39, 0.29) is 36.0 Å². The van der Waals surface area contributed by atoms with Gasteiger partial charge in [0, 0.05) is 50.8 Å². The van der Waals surface area contributed by atoms with Crippen molar-refractivity contribution < 1.29 is 13.2 Å². The molecule has 2 atom stereocenters. The van der Waals surface area contributed by atoms with E-state index < -0.39 is 9.84 Å². The van der Waals surface area contributed by atoms with Gasteiger partial charge < -0.3 is 4.90 Å². The fourth-order valence-electron chi connectivity index (χ4n) is 3.31. The summed E-state index contributed by atoms with van der Waals surface area (Å²) >= 11 is 1.59. The van der Waals surface area contributed by atoms with Gasteiger partial charge in [-0.25, -0.2) is 13.4 Å². The van der Waals surface area contributed by atoms with Crippen LogP contribution in [-0.4, -0.2) is 91.3 Å². The third-order valence-corrected chi connectivity index (χ3v) is 7.03. The number of carbonyl (C=O) groups excluding carboxylic acids is 1. The zero-order chi connectivity index (χ0) is 16.6. The molecular weight excluding hydrogens is 336 g/mol. The Morgan fingerprint density at radius 1 is 1.30 bits per heavy atom. The summed E-state index contributed by atoms with van der Waals surface area (Å²) in [5.41, 5.74) is 0. The maximum absolute atomic E-state index is 12.1. The van der Waals surface area contributed by atoms with E-state index in [1.54, 1.807) is 36.5 Å². The fraction of sp³-hybridized carbons (Fsp3) is 0.714. The summed E-state index contributed by atoms with van der Waals surface area (Å²) in [5.74, 6) is 0.337. The average molecular weight is 358 g/mol. The van der Waals surface area contributed by atoms with Crippen LogP contribution in [0.3, 0.4) is 0 Å². The Morgan fingerprint density at radius 2 is 1.96 bits per heavy atom. The average Bonchev–Trinajstić information content (AvgIpc) is 3.07. The minimum absolute atomic E-state index is 0.0152. The summed E-state index contributed by atoms with van der Waals surface area (Å²) in [6.07, 6.45) is 1.77. The van der Waals surface area contributed by atoms with Gasteiger partial charge in [-0.3, -0.25) is 14.6 Å². The van der Waals surface area contributed by atoms with Crippen LogP contribution in [0.5, 0.6) is 0 Å². The van der Waals surface area contributed by atoms with Crippen molar-refractivity contribution in [2.24, 2.45) is 0 Å². The lowest BCUT2D eigenvalue weighted by Crippen LogP contribution is -2.60. The molecule has 7 nitrogen and oxygen atoms in total. The van der Waals surface area contributed by atoms with Crippen LogP contribution in [0.2, 0.25) is 0 Å². The van der Waals surface area contributed by atoms with Crippen LogP contribution in [0, 0.1) is 0 Å². The van der Waals surface area contributed by atoms with E-state index in [1.165, 1.54) is 0 Å². The predicted octanol–water partition coefficient (Wildman–Crippen LogP) is -0.485. The van der Waals surface area contributed by atoms with E-state index in [4.69, 9.17) is 0 Å². The Kier molecular flexibility index (Phi) is 4.73. The lowest BCUT2D eigenvalue weighted by Gasteiger charge is -2.43. The maximum atomic E-state index is 12.1. The SMILES string of the molecule is CN(C)C(=O)CN1CCN(Cc2nccs2)[C@H]2CS(=O)(=O)C[C@H]21. The molecule has 0 bridgehead atoms. The number of carbonyl (C=O) groups is 1. The van der Waals surface area contributed by atoms with Crippen molar-refractivity contribution >= 4 is 27.1 Å². The van der Waals surface area contributed by atoms with Gasteiger partial charge in [-0.05, 0) is 0 Å². The topological polar surface area (TPSA) is 73.8 Å². The van der Waals surface area contributed by atoms with Gasteiger partial charge in [-0.1, -0.05) is 0 Å². The summed E-state index contributed by atoms with van der Waals surface area (Å²) in [5, 5.41) is 2.94. The smallest absolute Gasteiger partial charge is 0.236 e. The molecule has 23 heavy (non-hydrogen) atoms. The second-order valence-corrected chi connectivity index (χ2v) is 9.50. The zero-order valence-corrected chi connectivity index (χ0v) is 15.0. The van der Waals surface area contributed by atoms with Crippen molar-refractivity contribution in [3.63, 3.8) is 0 Å². The molecule has 1 aromatic heterocycles. The number of nitrogens with zero attached hydrogens (tertiary/aromatic N) is 4. The molecule has 3 rings (SSSR count). The van der Waals surface area contributed by atoms with Crippen LogP contribution in [0.25, 0.3) is 0 Å². The van der Waals surface area contributed by atoms with E-state index in [1.807, 2.05) is 10.3 Å². The number of thiazole rings is 1. The Hall–Kier alpha value is -1.03. The number of sulfone groups is 1. The number of hydrogen-bond acceptors (Lipinski definition) is 7. The standard InChI is InChI=1S/C14H22N4O3S2/c1-16(2)14(19)8-18-5-4-17(7-13-15-3-6-22-13)11-9-23(20,21)10-12(11)18/h3,6,11-12H,4-5,7-10H2,1-2H3/t11-,12+/m0/s1.